The van der Waals surface area contributed by atoms with E-state index in [2.05, 4.69) is 23.8 Å². The second-order valence-electron chi connectivity index (χ2n) is 6.58. The molecular formula is C19H28N2O5. The highest BCUT2D eigenvalue weighted by Crippen LogP contribution is 2.23. The molecule has 0 atom stereocenters. The Balaban J connectivity index is 0.00000301. The summed E-state index contributed by atoms with van der Waals surface area (Å²) in [6.45, 7) is 14.6. The molecule has 7 heteroatoms. The van der Waals surface area contributed by atoms with Crippen LogP contribution >= 0.6 is 0 Å². The molecule has 7 nitrogen and oxygen atoms in total. The first-order chi connectivity index (χ1) is 12.0. The summed E-state index contributed by atoms with van der Waals surface area (Å²) in [5, 5.41) is 14.7. The largest absolute Gasteiger partial charge is 0.500 e. The molecule has 0 radical (unpaired) electrons. The molecule has 1 aliphatic heterocycles. The zero-order chi connectivity index (χ0) is 20.7. The van der Waals surface area contributed by atoms with Gasteiger partial charge in [-0.1, -0.05) is 6.08 Å². The molecular weight excluding hydrogens is 336 g/mol. The summed E-state index contributed by atoms with van der Waals surface area (Å²) in [5.74, 6) is -2.20. The van der Waals surface area contributed by atoms with Gasteiger partial charge in [-0.25, -0.2) is 4.79 Å². The van der Waals surface area contributed by atoms with E-state index in [1.807, 2.05) is 20.8 Å². The van der Waals surface area contributed by atoms with Crippen LogP contribution in [-0.2, 0) is 19.1 Å². The fourth-order valence-electron chi connectivity index (χ4n) is 2.15. The van der Waals surface area contributed by atoms with Crippen molar-refractivity contribution in [2.45, 2.75) is 46.6 Å². The zero-order valence-corrected chi connectivity index (χ0v) is 16.3. The maximum atomic E-state index is 12.4. The van der Waals surface area contributed by atoms with Crippen molar-refractivity contribution in [1.82, 2.24) is 10.6 Å². The highest BCUT2D eigenvalue weighted by molar-refractivity contribution is 6.19. The van der Waals surface area contributed by atoms with Crippen molar-refractivity contribution in [1.29, 1.82) is 0 Å². The van der Waals surface area contributed by atoms with Crippen molar-refractivity contribution in [2.24, 2.45) is 0 Å². The van der Waals surface area contributed by atoms with Gasteiger partial charge in [0.15, 0.2) is 0 Å². The number of ether oxygens (including phenoxy) is 1. The predicted molar refractivity (Wildman–Crippen MR) is 100 cm³/mol. The average Bonchev–Trinajstić information content (AvgIpc) is 2.67. The van der Waals surface area contributed by atoms with Gasteiger partial charge in [-0.15, -0.1) is 13.2 Å². The van der Waals surface area contributed by atoms with Gasteiger partial charge in [-0.2, -0.15) is 0 Å². The molecule has 0 aromatic heterocycles. The number of methoxy groups -OCH3 is 1. The highest BCUT2D eigenvalue weighted by atomic mass is 16.5. The van der Waals surface area contributed by atoms with Gasteiger partial charge < -0.3 is 20.5 Å². The molecule has 0 aromatic rings. The molecule has 0 bridgehead atoms. The van der Waals surface area contributed by atoms with E-state index in [9.17, 15) is 19.5 Å². The van der Waals surface area contributed by atoms with Crippen molar-refractivity contribution in [3.63, 3.8) is 0 Å². The Morgan fingerprint density at radius 2 is 1.85 bits per heavy atom. The Kier molecular flexibility index (Phi) is 8.56. The highest BCUT2D eigenvalue weighted by Gasteiger charge is 2.29. The number of carbonyl (C=O) groups excluding carboxylic acids is 2. The van der Waals surface area contributed by atoms with Crippen molar-refractivity contribution >= 4 is 17.8 Å². The normalized spacial score (nSPS) is 15.5. The topological polar surface area (TPSA) is 105 Å². The van der Waals surface area contributed by atoms with Gasteiger partial charge in [0.1, 0.15) is 16.9 Å². The Hall–Kier alpha value is -2.83. The first-order valence-corrected chi connectivity index (χ1v) is 8.00. The minimum atomic E-state index is -1.22. The molecule has 2 amide bonds. The van der Waals surface area contributed by atoms with Gasteiger partial charge in [0.05, 0.1) is 12.8 Å². The van der Waals surface area contributed by atoms with Crippen LogP contribution in [0, 0.1) is 0 Å². The lowest BCUT2D eigenvalue weighted by molar-refractivity contribution is -0.132. The number of amides is 2. The molecule has 0 unspecified atom stereocenters. The number of nitrogens with one attached hydrogen (secondary N) is 2. The van der Waals surface area contributed by atoms with E-state index in [1.54, 1.807) is 6.92 Å². The van der Waals surface area contributed by atoms with Gasteiger partial charge in [0.2, 0.25) is 0 Å². The van der Waals surface area contributed by atoms with Gasteiger partial charge in [0, 0.05) is 5.54 Å². The number of carbonyl (C=O) groups is 3. The Labute approximate surface area is 154 Å². The number of rotatable bonds is 4. The lowest BCUT2D eigenvalue weighted by atomic mass is 10.0. The van der Waals surface area contributed by atoms with Crippen LogP contribution in [0.2, 0.25) is 0 Å². The Bertz CT molecular complexity index is 679. The summed E-state index contributed by atoms with van der Waals surface area (Å²) < 4.78 is 5.01. The molecule has 1 aliphatic rings. The number of hydrogen-bond acceptors (Lipinski definition) is 4. The van der Waals surface area contributed by atoms with E-state index in [0.29, 0.717) is 5.57 Å². The summed E-state index contributed by atoms with van der Waals surface area (Å²) >= 11 is 0. The van der Waals surface area contributed by atoms with E-state index in [-0.39, 0.29) is 29.0 Å². The first kappa shape index (κ1) is 23.2. The van der Waals surface area contributed by atoms with E-state index >= 15 is 0 Å². The molecule has 0 aromatic carbocycles. The van der Waals surface area contributed by atoms with Crippen LogP contribution in [0.15, 0.2) is 47.4 Å². The third-order valence-electron chi connectivity index (χ3n) is 3.38. The van der Waals surface area contributed by atoms with E-state index < -0.39 is 23.3 Å². The second kappa shape index (κ2) is 9.60. The minimum Gasteiger partial charge on any atom is -0.500 e. The molecule has 0 aliphatic carbocycles. The van der Waals surface area contributed by atoms with E-state index in [0.717, 1.165) is 0 Å². The van der Waals surface area contributed by atoms with Crippen LogP contribution in [0.4, 0.5) is 0 Å². The van der Waals surface area contributed by atoms with Gasteiger partial charge in [-0.05, 0) is 46.6 Å². The quantitative estimate of drug-likeness (QED) is 0.308. The molecule has 3 N–H and O–H groups in total. The van der Waals surface area contributed by atoms with Crippen molar-refractivity contribution in [2.75, 3.05) is 7.11 Å². The molecule has 26 heavy (non-hydrogen) atoms. The van der Waals surface area contributed by atoms with Crippen molar-refractivity contribution in [3.05, 3.63) is 47.4 Å². The molecule has 1 heterocycles. The predicted octanol–water partition coefficient (Wildman–Crippen LogP) is 2.43. The fraction of sp³-hybridized carbons (Fsp3) is 0.421. The van der Waals surface area contributed by atoms with E-state index in [1.165, 1.54) is 20.1 Å². The van der Waals surface area contributed by atoms with Crippen LogP contribution in [0.25, 0.3) is 0 Å². The maximum Gasteiger partial charge on any atom is 0.341 e. The van der Waals surface area contributed by atoms with Gasteiger partial charge >= 0.3 is 5.97 Å². The zero-order valence-electron chi connectivity index (χ0n) is 16.3. The molecule has 144 valence electrons. The smallest absolute Gasteiger partial charge is 0.341 e. The third-order valence-corrected chi connectivity index (χ3v) is 3.38. The molecule has 0 fully saturated rings. The number of hydrogen-bond donors (Lipinski definition) is 3. The number of carboxylic acid groups (broad SMARTS) is 1. The SMILES string of the molecule is C=C.CO/C(C)=C(\C(=O)O)C1=C(C)CC=C(C(=O)NC(C)(C)C)C(=O)N1. The van der Waals surface area contributed by atoms with Crippen LogP contribution in [0.5, 0.6) is 0 Å². The summed E-state index contributed by atoms with van der Waals surface area (Å²) in [4.78, 5) is 36.2. The van der Waals surface area contributed by atoms with Crippen LogP contribution < -0.4 is 10.6 Å². The second-order valence-corrected chi connectivity index (χ2v) is 6.58. The van der Waals surface area contributed by atoms with Gasteiger partial charge in [0.25, 0.3) is 11.8 Å². The monoisotopic (exact) mass is 364 g/mol. The molecule has 0 saturated carbocycles. The first-order valence-electron chi connectivity index (χ1n) is 8.00. The molecule has 0 spiro atoms. The fourth-order valence-corrected chi connectivity index (χ4v) is 2.15. The summed E-state index contributed by atoms with van der Waals surface area (Å²) in [6, 6.07) is 0. The molecule has 1 rings (SSSR count). The Morgan fingerprint density at radius 1 is 1.31 bits per heavy atom. The van der Waals surface area contributed by atoms with Crippen molar-refractivity contribution < 1.29 is 24.2 Å². The van der Waals surface area contributed by atoms with Crippen LogP contribution in [-0.4, -0.2) is 35.5 Å². The number of aliphatic carboxylic acids is 1. The average molecular weight is 364 g/mol. The summed E-state index contributed by atoms with van der Waals surface area (Å²) in [5.41, 5.74) is 0.111. The molecule has 0 saturated heterocycles. The Morgan fingerprint density at radius 3 is 2.27 bits per heavy atom. The maximum absolute atomic E-state index is 12.4. The van der Waals surface area contributed by atoms with Gasteiger partial charge in [-0.3, -0.25) is 9.59 Å². The van der Waals surface area contributed by atoms with E-state index in [4.69, 9.17) is 4.74 Å². The lowest BCUT2D eigenvalue weighted by Gasteiger charge is -2.21. The van der Waals surface area contributed by atoms with Crippen molar-refractivity contribution in [3.8, 4) is 0 Å². The standard InChI is InChI=1S/C17H24N2O5.C2H4/c1-9-7-8-11(15(21)19-17(3,4)5)14(20)18-13(9)12(16(22)23)10(2)24-6;1-2/h8H,7H2,1-6H3,(H,18,20)(H,19,21)(H,22,23);1-2H2/b12-10-;. The summed E-state index contributed by atoms with van der Waals surface area (Å²) in [7, 11) is 1.35. The van der Waals surface area contributed by atoms with Crippen LogP contribution in [0.1, 0.15) is 41.0 Å². The minimum absolute atomic E-state index is 0.0425. The third kappa shape index (κ3) is 6.23. The summed E-state index contributed by atoms with van der Waals surface area (Å²) in [6.07, 6.45) is 1.77. The number of carboxylic acids is 1. The number of allylic oxidation sites excluding steroid dienone is 3. The van der Waals surface area contributed by atoms with Crippen LogP contribution in [0.3, 0.4) is 0 Å². The lowest BCUT2D eigenvalue weighted by Crippen LogP contribution is -2.44.